The third-order valence-corrected chi connectivity index (χ3v) is 2.44. The fourth-order valence-electron chi connectivity index (χ4n) is 1.06. The van der Waals surface area contributed by atoms with Crippen molar-refractivity contribution in [1.29, 1.82) is 0 Å². The Morgan fingerprint density at radius 1 is 1.16 bits per heavy atom. The van der Waals surface area contributed by atoms with Crippen molar-refractivity contribution in [2.75, 3.05) is 40.4 Å². The second kappa shape index (κ2) is 10.7. The van der Waals surface area contributed by atoms with Crippen LogP contribution in [0.1, 0.15) is 12.8 Å². The molecule has 0 aliphatic rings. The van der Waals surface area contributed by atoms with E-state index in [1.807, 2.05) is 14.1 Å². The Balaban J connectivity index is 0. The summed E-state index contributed by atoms with van der Waals surface area (Å²) in [7, 11) is 3.96. The van der Waals surface area contributed by atoms with Crippen LogP contribution in [0.4, 0.5) is 0 Å². The smallest absolute Gasteiger partial charge is 0.125 e. The Hall–Kier alpha value is -1.22. The molecular weight excluding hydrogens is 256 g/mol. The summed E-state index contributed by atoms with van der Waals surface area (Å²) in [5, 5.41) is 36.8. The topological polar surface area (TPSA) is 148 Å². The number of nitrogens with zero attached hydrogens (tertiary/aromatic N) is 1. The molecule has 8 nitrogen and oxygen atoms in total. The molecule has 0 rings (SSSR count). The standard InChI is InChI=1S/C6H16NO2.C5H9NO4/c1-7(2,3-5-8)4-6-9;6-3(5(9)10)1-2-4(7)8/h8-9H,3-6H2,1-2H3;3H,1-2,6H2,(H,7,8)(H,9,10)/q+1;/p-1. The van der Waals surface area contributed by atoms with Crippen molar-refractivity contribution in [3.8, 4) is 0 Å². The average Bonchev–Trinajstić information content (AvgIpc) is 2.26. The molecule has 1 unspecified atom stereocenters. The number of hydrogen-bond acceptors (Lipinski definition) is 6. The van der Waals surface area contributed by atoms with Crippen LogP contribution in [0.3, 0.4) is 0 Å². The van der Waals surface area contributed by atoms with E-state index in [1.54, 1.807) is 0 Å². The molecule has 0 aliphatic carbocycles. The lowest BCUT2D eigenvalue weighted by atomic mass is 10.2. The molecule has 8 heteroatoms. The summed E-state index contributed by atoms with van der Waals surface area (Å²) in [6.45, 7) is 1.79. The van der Waals surface area contributed by atoms with E-state index in [2.05, 4.69) is 5.73 Å². The van der Waals surface area contributed by atoms with E-state index in [0.717, 1.165) is 0 Å². The summed E-state index contributed by atoms with van der Waals surface area (Å²) in [5.74, 6) is -2.60. The Kier molecular flexibility index (Phi) is 11.3. The highest BCUT2D eigenvalue weighted by Crippen LogP contribution is 1.92. The molecule has 19 heavy (non-hydrogen) atoms. The molecule has 0 saturated heterocycles. The van der Waals surface area contributed by atoms with Gasteiger partial charge in [0.2, 0.25) is 0 Å². The molecule has 0 amide bonds. The predicted molar refractivity (Wildman–Crippen MR) is 61.9 cm³/mol. The molecule has 0 bridgehead atoms. The first-order valence-electron chi connectivity index (χ1n) is 5.93. The van der Waals surface area contributed by atoms with Gasteiger partial charge in [-0.25, -0.2) is 0 Å². The van der Waals surface area contributed by atoms with Crippen LogP contribution in [0.5, 0.6) is 0 Å². The van der Waals surface area contributed by atoms with E-state index in [-0.39, 0.29) is 26.1 Å². The number of aliphatic carboxylic acids is 2. The number of carbonyl (C=O) groups excluding carboxylic acids is 2. The van der Waals surface area contributed by atoms with E-state index < -0.39 is 18.0 Å². The van der Waals surface area contributed by atoms with Crippen LogP contribution in [0.15, 0.2) is 0 Å². The molecule has 0 aromatic carbocycles. The summed E-state index contributed by atoms with van der Waals surface area (Å²) < 4.78 is 0.688. The van der Waals surface area contributed by atoms with Crippen LogP contribution in [-0.2, 0) is 9.59 Å². The second-order valence-corrected chi connectivity index (χ2v) is 4.76. The van der Waals surface area contributed by atoms with Crippen molar-refractivity contribution < 1.29 is 40.2 Å². The number of rotatable bonds is 8. The van der Waals surface area contributed by atoms with Crippen molar-refractivity contribution in [2.24, 2.45) is 0 Å². The lowest BCUT2D eigenvalue weighted by molar-refractivity contribution is -0.890. The maximum atomic E-state index is 9.92. The number of likely N-dealkylation sites (N-methyl/N-ethyl adjacent to an activating group) is 1. The summed E-state index contributed by atoms with van der Waals surface area (Å²) in [5.41, 5.74) is 3.16. The lowest BCUT2D eigenvalue weighted by Gasteiger charge is -2.27. The van der Waals surface area contributed by atoms with Crippen molar-refractivity contribution in [2.45, 2.75) is 18.9 Å². The van der Waals surface area contributed by atoms with Crippen LogP contribution < -0.4 is 15.9 Å². The largest absolute Gasteiger partial charge is 0.550 e. The van der Waals surface area contributed by atoms with Gasteiger partial charge in [0.1, 0.15) is 19.1 Å². The molecule has 0 aromatic rings. The fourth-order valence-corrected chi connectivity index (χ4v) is 1.06. The summed E-state index contributed by atoms with van der Waals surface area (Å²) in [4.78, 5) is 19.7. The highest BCUT2D eigenvalue weighted by Gasteiger charge is 2.11. The SMILES string of the molecule is C[N+](C)(CCO)CCO.[NH3+]C(CCC(=O)[O-])C(=O)[O-]. The zero-order chi connectivity index (χ0) is 15.5. The first kappa shape index (κ1) is 20.1. The van der Waals surface area contributed by atoms with Crippen LogP contribution in [0.2, 0.25) is 0 Å². The van der Waals surface area contributed by atoms with Gasteiger partial charge in [-0.05, 0) is 6.42 Å². The average molecular weight is 280 g/mol. The minimum absolute atomic E-state index is 0.0370. The van der Waals surface area contributed by atoms with Crippen LogP contribution >= 0.6 is 0 Å². The van der Waals surface area contributed by atoms with Gasteiger partial charge < -0.3 is 40.2 Å². The van der Waals surface area contributed by atoms with Crippen molar-refractivity contribution >= 4 is 11.9 Å². The van der Waals surface area contributed by atoms with Gasteiger partial charge in [-0.2, -0.15) is 0 Å². The minimum Gasteiger partial charge on any atom is -0.550 e. The quantitative estimate of drug-likeness (QED) is 0.379. The Bertz CT molecular complexity index is 262. The van der Waals surface area contributed by atoms with Crippen LogP contribution in [0.25, 0.3) is 0 Å². The van der Waals surface area contributed by atoms with Crippen molar-refractivity contribution in [3.05, 3.63) is 0 Å². The number of carbonyl (C=O) groups is 2. The minimum atomic E-state index is -1.33. The molecule has 0 spiro atoms. The van der Waals surface area contributed by atoms with E-state index in [4.69, 9.17) is 10.2 Å². The normalized spacial score (nSPS) is 12.3. The summed E-state index contributed by atoms with van der Waals surface area (Å²) >= 11 is 0. The van der Waals surface area contributed by atoms with Crippen LogP contribution in [0, 0.1) is 0 Å². The fraction of sp³-hybridized carbons (Fsp3) is 0.818. The lowest BCUT2D eigenvalue weighted by Crippen LogP contribution is -2.68. The molecule has 0 radical (unpaired) electrons. The van der Waals surface area contributed by atoms with E-state index in [1.165, 1.54) is 0 Å². The van der Waals surface area contributed by atoms with Gasteiger partial charge in [-0.3, -0.25) is 0 Å². The highest BCUT2D eigenvalue weighted by molar-refractivity contribution is 5.71. The number of quaternary nitrogens is 2. The Labute approximate surface area is 112 Å². The van der Waals surface area contributed by atoms with Gasteiger partial charge >= 0.3 is 0 Å². The zero-order valence-corrected chi connectivity index (χ0v) is 11.5. The third kappa shape index (κ3) is 14.7. The molecular formula is C11H24N2O6. The second-order valence-electron chi connectivity index (χ2n) is 4.76. The molecule has 0 fully saturated rings. The molecule has 0 aliphatic heterocycles. The molecule has 1 atom stereocenters. The van der Waals surface area contributed by atoms with Crippen molar-refractivity contribution in [3.63, 3.8) is 0 Å². The van der Waals surface area contributed by atoms with Gasteiger partial charge in [0.15, 0.2) is 0 Å². The van der Waals surface area contributed by atoms with E-state index >= 15 is 0 Å². The molecule has 5 N–H and O–H groups in total. The van der Waals surface area contributed by atoms with Gasteiger partial charge in [-0.15, -0.1) is 0 Å². The molecule has 0 aromatic heterocycles. The zero-order valence-electron chi connectivity index (χ0n) is 11.5. The first-order valence-corrected chi connectivity index (χ1v) is 5.93. The van der Waals surface area contributed by atoms with E-state index in [9.17, 15) is 19.8 Å². The number of aliphatic hydroxyl groups is 2. The monoisotopic (exact) mass is 280 g/mol. The van der Waals surface area contributed by atoms with Gasteiger partial charge in [0.25, 0.3) is 0 Å². The highest BCUT2D eigenvalue weighted by atomic mass is 16.4. The van der Waals surface area contributed by atoms with Crippen molar-refractivity contribution in [1.82, 2.24) is 0 Å². The Morgan fingerprint density at radius 2 is 1.58 bits per heavy atom. The third-order valence-electron chi connectivity index (χ3n) is 2.44. The molecule has 0 saturated carbocycles. The molecule has 0 heterocycles. The van der Waals surface area contributed by atoms with Gasteiger partial charge in [0.05, 0.1) is 33.3 Å². The maximum Gasteiger partial charge on any atom is 0.125 e. The maximum absolute atomic E-state index is 9.92. The summed E-state index contributed by atoms with van der Waals surface area (Å²) in [6, 6.07) is -0.960. The predicted octanol–water partition coefficient (Wildman–Crippen LogP) is -5.08. The Morgan fingerprint density at radius 3 is 1.84 bits per heavy atom. The first-order chi connectivity index (χ1) is 8.66. The van der Waals surface area contributed by atoms with Gasteiger partial charge in [-0.1, -0.05) is 0 Å². The van der Waals surface area contributed by atoms with Crippen LogP contribution in [-0.4, -0.2) is 73.1 Å². The number of hydrogen-bond donors (Lipinski definition) is 3. The number of carboxylic acid groups (broad SMARTS) is 2. The number of aliphatic hydroxyl groups excluding tert-OH is 2. The van der Waals surface area contributed by atoms with Gasteiger partial charge in [0, 0.05) is 12.4 Å². The van der Waals surface area contributed by atoms with E-state index in [0.29, 0.717) is 17.6 Å². The number of carboxylic acids is 2. The summed E-state index contributed by atoms with van der Waals surface area (Å²) in [6.07, 6.45) is -0.327. The molecule has 114 valence electrons.